The van der Waals surface area contributed by atoms with Crippen LogP contribution in [0.25, 0.3) is 0 Å². The van der Waals surface area contributed by atoms with Gasteiger partial charge in [-0.25, -0.2) is 14.2 Å². The van der Waals surface area contributed by atoms with Crippen LogP contribution in [0.4, 0.5) is 14.5 Å². The van der Waals surface area contributed by atoms with Crippen molar-refractivity contribution in [2.45, 2.75) is 31.0 Å². The van der Waals surface area contributed by atoms with Crippen LogP contribution in [-0.4, -0.2) is 43.2 Å². The van der Waals surface area contributed by atoms with Crippen LogP contribution in [0.2, 0.25) is 0 Å². The van der Waals surface area contributed by atoms with Crippen molar-refractivity contribution in [3.63, 3.8) is 0 Å². The minimum absolute atomic E-state index is 0.0652. The van der Waals surface area contributed by atoms with E-state index in [2.05, 4.69) is 51.0 Å². The molecule has 3 aliphatic heterocycles. The first-order valence-corrected chi connectivity index (χ1v) is 10.2. The maximum Gasteiger partial charge on any atom is 0.126 e. The van der Waals surface area contributed by atoms with Crippen LogP contribution >= 0.6 is 0 Å². The van der Waals surface area contributed by atoms with E-state index in [1.54, 1.807) is 0 Å². The normalized spacial score (nSPS) is 30.6. The Kier molecular flexibility index (Phi) is 4.78. The number of likely N-dealkylation sites (tertiary alicyclic amines) is 1. The second kappa shape index (κ2) is 7.43. The maximum absolute atomic E-state index is 13.7. The molecule has 0 amide bonds. The zero-order chi connectivity index (χ0) is 19.1. The number of halogens is 2. The highest BCUT2D eigenvalue weighted by atomic mass is 19.1. The third kappa shape index (κ3) is 3.41. The summed E-state index contributed by atoms with van der Waals surface area (Å²) in [7, 11) is 0. The van der Waals surface area contributed by atoms with Crippen molar-refractivity contribution in [1.82, 2.24) is 15.8 Å². The van der Waals surface area contributed by atoms with Gasteiger partial charge in [-0.2, -0.15) is 0 Å². The zero-order valence-electron chi connectivity index (χ0n) is 15.8. The maximum atomic E-state index is 13.7. The number of nitrogens with zero attached hydrogens (tertiary/aromatic N) is 2. The van der Waals surface area contributed by atoms with Gasteiger partial charge in [-0.1, -0.05) is 18.2 Å². The lowest BCUT2D eigenvalue weighted by atomic mass is 9.84. The SMILES string of the molecule is Fc1cc(F)cc(C2NNC3CCN(C4CCN(c5ccccc5)C4)CC32)c1. The standard InChI is InChI=1S/C22H26F2N4/c23-16-10-15(11-17(24)12-16)22-20-14-28(9-7-21(20)25-26-22)19-6-8-27(13-19)18-4-2-1-3-5-18/h1-5,10-12,19-22,25-26H,6-9,13-14H2. The minimum atomic E-state index is -0.512. The van der Waals surface area contributed by atoms with Gasteiger partial charge >= 0.3 is 0 Å². The number of hydrogen-bond donors (Lipinski definition) is 2. The van der Waals surface area contributed by atoms with E-state index in [1.165, 1.54) is 17.8 Å². The fourth-order valence-corrected chi connectivity index (χ4v) is 5.16. The smallest absolute Gasteiger partial charge is 0.126 e. The van der Waals surface area contributed by atoms with Gasteiger partial charge in [0.15, 0.2) is 0 Å². The van der Waals surface area contributed by atoms with E-state index in [-0.39, 0.29) is 6.04 Å². The van der Waals surface area contributed by atoms with Crippen LogP contribution < -0.4 is 15.8 Å². The Labute approximate surface area is 164 Å². The first-order valence-electron chi connectivity index (χ1n) is 10.2. The zero-order valence-corrected chi connectivity index (χ0v) is 15.8. The Hall–Kier alpha value is -2.02. The van der Waals surface area contributed by atoms with Gasteiger partial charge in [0.1, 0.15) is 11.6 Å². The van der Waals surface area contributed by atoms with Crippen LogP contribution in [0.3, 0.4) is 0 Å². The lowest BCUT2D eigenvalue weighted by molar-refractivity contribution is 0.117. The molecule has 2 aromatic rings. The second-order valence-corrected chi connectivity index (χ2v) is 8.25. The van der Waals surface area contributed by atoms with Crippen molar-refractivity contribution in [2.24, 2.45) is 5.92 Å². The molecule has 4 nitrogen and oxygen atoms in total. The summed E-state index contributed by atoms with van der Waals surface area (Å²) in [5.41, 5.74) is 8.63. The van der Waals surface area contributed by atoms with E-state index in [1.807, 2.05) is 0 Å². The molecular weight excluding hydrogens is 358 g/mol. The number of fused-ring (bicyclic) bond motifs is 1. The second-order valence-electron chi connectivity index (χ2n) is 8.25. The number of para-hydroxylation sites is 1. The molecule has 0 bridgehead atoms. The molecule has 148 valence electrons. The monoisotopic (exact) mass is 384 g/mol. The molecule has 0 aromatic heterocycles. The summed E-state index contributed by atoms with van der Waals surface area (Å²) in [5.74, 6) is -0.717. The number of hydrazine groups is 1. The highest BCUT2D eigenvalue weighted by molar-refractivity contribution is 5.47. The Morgan fingerprint density at radius 1 is 0.857 bits per heavy atom. The highest BCUT2D eigenvalue weighted by Crippen LogP contribution is 2.36. The number of piperidine rings is 1. The molecule has 0 spiro atoms. The van der Waals surface area contributed by atoms with Crippen LogP contribution in [-0.2, 0) is 0 Å². The summed E-state index contributed by atoms with van der Waals surface area (Å²) in [4.78, 5) is 5.04. The van der Waals surface area contributed by atoms with Crippen molar-refractivity contribution in [3.8, 4) is 0 Å². The molecule has 4 atom stereocenters. The van der Waals surface area contributed by atoms with Gasteiger partial charge in [-0.15, -0.1) is 0 Å². The summed E-state index contributed by atoms with van der Waals surface area (Å²) in [5, 5.41) is 0. The first-order chi connectivity index (χ1) is 13.7. The average Bonchev–Trinajstić information content (AvgIpc) is 3.35. The molecule has 5 rings (SSSR count). The summed E-state index contributed by atoms with van der Waals surface area (Å²) >= 11 is 0. The van der Waals surface area contributed by atoms with E-state index in [4.69, 9.17) is 0 Å². The number of nitrogens with one attached hydrogen (secondary N) is 2. The predicted molar refractivity (Wildman–Crippen MR) is 106 cm³/mol. The molecule has 3 fully saturated rings. The van der Waals surface area contributed by atoms with E-state index in [0.717, 1.165) is 45.1 Å². The first kappa shape index (κ1) is 18.0. The number of rotatable bonds is 3. The Bertz CT molecular complexity index is 810. The number of anilines is 1. The molecule has 2 aromatic carbocycles. The summed E-state index contributed by atoms with van der Waals surface area (Å²) in [6.07, 6.45) is 2.21. The van der Waals surface area contributed by atoms with Crippen LogP contribution in [0, 0.1) is 17.6 Å². The fraction of sp³-hybridized carbons (Fsp3) is 0.455. The molecule has 0 radical (unpaired) electrons. The fourth-order valence-electron chi connectivity index (χ4n) is 5.16. The number of hydrogen-bond acceptors (Lipinski definition) is 4. The van der Waals surface area contributed by atoms with Gasteiger partial charge in [-0.05, 0) is 42.7 Å². The summed E-state index contributed by atoms with van der Waals surface area (Å²) in [6.45, 7) is 4.13. The quantitative estimate of drug-likeness (QED) is 0.852. The largest absolute Gasteiger partial charge is 0.370 e. The Morgan fingerprint density at radius 3 is 2.43 bits per heavy atom. The van der Waals surface area contributed by atoms with Gasteiger partial charge in [0, 0.05) is 55.9 Å². The molecule has 2 N–H and O–H groups in total. The van der Waals surface area contributed by atoms with Crippen LogP contribution in [0.15, 0.2) is 48.5 Å². The Morgan fingerprint density at radius 2 is 1.64 bits per heavy atom. The van der Waals surface area contributed by atoms with Gasteiger partial charge in [-0.3, -0.25) is 10.3 Å². The average molecular weight is 384 g/mol. The van der Waals surface area contributed by atoms with Crippen molar-refractivity contribution >= 4 is 5.69 Å². The Balaban J connectivity index is 1.29. The summed E-state index contributed by atoms with van der Waals surface area (Å²) in [6, 6.07) is 15.2. The lowest BCUT2D eigenvalue weighted by Crippen LogP contribution is -2.50. The minimum Gasteiger partial charge on any atom is -0.370 e. The molecule has 4 unspecified atom stereocenters. The van der Waals surface area contributed by atoms with Gasteiger partial charge in [0.05, 0.1) is 6.04 Å². The molecule has 0 saturated carbocycles. The van der Waals surface area contributed by atoms with E-state index < -0.39 is 11.6 Å². The molecule has 3 aliphatic rings. The van der Waals surface area contributed by atoms with Crippen molar-refractivity contribution in [1.29, 1.82) is 0 Å². The van der Waals surface area contributed by atoms with Gasteiger partial charge in [0.2, 0.25) is 0 Å². The molecule has 0 aliphatic carbocycles. The van der Waals surface area contributed by atoms with E-state index in [0.29, 0.717) is 23.6 Å². The molecule has 28 heavy (non-hydrogen) atoms. The summed E-state index contributed by atoms with van der Waals surface area (Å²) < 4.78 is 27.5. The third-order valence-corrected chi connectivity index (χ3v) is 6.59. The molecule has 3 heterocycles. The van der Waals surface area contributed by atoms with Crippen LogP contribution in [0.5, 0.6) is 0 Å². The van der Waals surface area contributed by atoms with Crippen molar-refractivity contribution in [3.05, 3.63) is 65.7 Å². The lowest BCUT2D eigenvalue weighted by Gasteiger charge is -2.39. The van der Waals surface area contributed by atoms with E-state index >= 15 is 0 Å². The number of benzene rings is 2. The van der Waals surface area contributed by atoms with Crippen molar-refractivity contribution < 1.29 is 8.78 Å². The van der Waals surface area contributed by atoms with E-state index in [9.17, 15) is 8.78 Å². The van der Waals surface area contributed by atoms with Gasteiger partial charge in [0.25, 0.3) is 0 Å². The third-order valence-electron chi connectivity index (χ3n) is 6.59. The van der Waals surface area contributed by atoms with Crippen LogP contribution in [0.1, 0.15) is 24.4 Å². The molecule has 6 heteroatoms. The predicted octanol–water partition coefficient (Wildman–Crippen LogP) is 3.08. The molecule has 3 saturated heterocycles. The topological polar surface area (TPSA) is 30.5 Å². The van der Waals surface area contributed by atoms with Gasteiger partial charge < -0.3 is 4.90 Å². The molecular formula is C22H26F2N4. The highest BCUT2D eigenvalue weighted by Gasteiger charge is 2.43. The van der Waals surface area contributed by atoms with Crippen molar-refractivity contribution in [2.75, 3.05) is 31.1 Å².